The van der Waals surface area contributed by atoms with Crippen LogP contribution in [0.1, 0.15) is 5.56 Å². The quantitative estimate of drug-likeness (QED) is 0.499. The molecule has 0 bridgehead atoms. The molecule has 0 saturated carbocycles. The van der Waals surface area contributed by atoms with Crippen molar-refractivity contribution in [2.45, 2.75) is 11.3 Å². The SMILES string of the molecule is O=[N+]([O-])c1cc(CCO)ccc1S(=O)(=O)Cl. The van der Waals surface area contributed by atoms with Crippen molar-refractivity contribution in [3.63, 3.8) is 0 Å². The number of hydrogen-bond acceptors (Lipinski definition) is 5. The molecule has 0 amide bonds. The summed E-state index contributed by atoms with van der Waals surface area (Å²) >= 11 is 0. The van der Waals surface area contributed by atoms with Crippen molar-refractivity contribution in [1.82, 2.24) is 0 Å². The molecule has 16 heavy (non-hydrogen) atoms. The summed E-state index contributed by atoms with van der Waals surface area (Å²) in [7, 11) is 0.913. The lowest BCUT2D eigenvalue weighted by Crippen LogP contribution is -2.01. The van der Waals surface area contributed by atoms with Gasteiger partial charge in [0, 0.05) is 23.4 Å². The van der Waals surface area contributed by atoms with E-state index in [9.17, 15) is 18.5 Å². The summed E-state index contributed by atoms with van der Waals surface area (Å²) in [5, 5.41) is 19.3. The number of aliphatic hydroxyl groups excluding tert-OH is 1. The standard InChI is InChI=1S/C8H8ClNO5S/c9-16(14,15)8-2-1-6(3-4-11)5-7(8)10(12)13/h1-2,5,11H,3-4H2. The summed E-state index contributed by atoms with van der Waals surface area (Å²) in [6, 6.07) is 3.52. The Hall–Kier alpha value is -1.18. The Morgan fingerprint density at radius 1 is 1.44 bits per heavy atom. The van der Waals surface area contributed by atoms with Crippen molar-refractivity contribution in [3.8, 4) is 0 Å². The molecule has 0 heterocycles. The van der Waals surface area contributed by atoms with Gasteiger partial charge >= 0.3 is 0 Å². The van der Waals surface area contributed by atoms with E-state index in [-0.39, 0.29) is 13.0 Å². The Morgan fingerprint density at radius 2 is 2.06 bits per heavy atom. The van der Waals surface area contributed by atoms with Crippen molar-refractivity contribution in [1.29, 1.82) is 0 Å². The number of aliphatic hydroxyl groups is 1. The zero-order chi connectivity index (χ0) is 12.3. The lowest BCUT2D eigenvalue weighted by atomic mass is 10.1. The molecule has 0 spiro atoms. The van der Waals surface area contributed by atoms with Crippen LogP contribution in [0.25, 0.3) is 0 Å². The fraction of sp³-hybridized carbons (Fsp3) is 0.250. The third kappa shape index (κ3) is 2.91. The molecule has 0 fully saturated rings. The molecule has 1 N–H and O–H groups in total. The third-order valence-electron chi connectivity index (χ3n) is 1.88. The number of nitrogens with zero attached hydrogens (tertiary/aromatic N) is 1. The van der Waals surface area contributed by atoms with Gasteiger partial charge < -0.3 is 5.11 Å². The first-order valence-corrected chi connectivity index (χ1v) is 6.50. The highest BCUT2D eigenvalue weighted by atomic mass is 35.7. The molecule has 6 nitrogen and oxygen atoms in total. The molecule has 0 aliphatic heterocycles. The highest BCUT2D eigenvalue weighted by molar-refractivity contribution is 8.13. The number of nitro benzene ring substituents is 1. The van der Waals surface area contributed by atoms with Gasteiger partial charge in [0.15, 0.2) is 4.90 Å². The van der Waals surface area contributed by atoms with E-state index < -0.39 is 24.6 Å². The molecule has 0 radical (unpaired) electrons. The number of rotatable bonds is 4. The van der Waals surface area contributed by atoms with Crippen molar-refractivity contribution in [2.75, 3.05) is 6.61 Å². The zero-order valence-electron chi connectivity index (χ0n) is 7.96. The maximum atomic E-state index is 11.0. The van der Waals surface area contributed by atoms with Gasteiger partial charge in [-0.15, -0.1) is 0 Å². The Labute approximate surface area is 96.0 Å². The van der Waals surface area contributed by atoms with Gasteiger partial charge in [0.1, 0.15) is 0 Å². The monoisotopic (exact) mass is 265 g/mol. The Bertz CT molecular complexity index is 513. The van der Waals surface area contributed by atoms with E-state index in [1.54, 1.807) is 0 Å². The molecule has 0 aliphatic rings. The molecule has 0 aliphatic carbocycles. The summed E-state index contributed by atoms with van der Waals surface area (Å²) in [5.74, 6) is 0. The number of benzene rings is 1. The van der Waals surface area contributed by atoms with E-state index in [1.807, 2.05) is 0 Å². The molecule has 0 aromatic heterocycles. The number of halogens is 1. The third-order valence-corrected chi connectivity index (χ3v) is 3.25. The smallest absolute Gasteiger partial charge is 0.289 e. The van der Waals surface area contributed by atoms with Gasteiger partial charge in [0.05, 0.1) is 4.92 Å². The summed E-state index contributed by atoms with van der Waals surface area (Å²) < 4.78 is 22.1. The van der Waals surface area contributed by atoms with Gasteiger partial charge in [-0.1, -0.05) is 6.07 Å². The minimum atomic E-state index is -4.14. The average Bonchev–Trinajstić information content (AvgIpc) is 2.16. The maximum absolute atomic E-state index is 11.0. The van der Waals surface area contributed by atoms with E-state index in [2.05, 4.69) is 0 Å². The molecular formula is C8H8ClNO5S. The molecule has 0 saturated heterocycles. The molecule has 1 rings (SSSR count). The Balaban J connectivity index is 3.37. The molecule has 88 valence electrons. The predicted octanol–water partition coefficient (Wildman–Crippen LogP) is 1.06. The molecular weight excluding hydrogens is 258 g/mol. The number of nitro groups is 1. The lowest BCUT2D eigenvalue weighted by molar-refractivity contribution is -0.387. The summed E-state index contributed by atoms with van der Waals surface area (Å²) in [6.45, 7) is -0.176. The van der Waals surface area contributed by atoms with E-state index in [0.29, 0.717) is 5.56 Å². The van der Waals surface area contributed by atoms with E-state index in [4.69, 9.17) is 15.8 Å². The second-order valence-electron chi connectivity index (χ2n) is 2.97. The Kier molecular flexibility index (Phi) is 3.84. The maximum Gasteiger partial charge on any atom is 0.289 e. The van der Waals surface area contributed by atoms with Gasteiger partial charge in [-0.2, -0.15) is 0 Å². The van der Waals surface area contributed by atoms with Crippen LogP contribution in [0.4, 0.5) is 5.69 Å². The topological polar surface area (TPSA) is 97.5 Å². The average molecular weight is 266 g/mol. The minimum absolute atomic E-state index is 0.176. The first kappa shape index (κ1) is 12.9. The summed E-state index contributed by atoms with van der Waals surface area (Å²) in [5.41, 5.74) is -0.112. The Morgan fingerprint density at radius 3 is 2.50 bits per heavy atom. The van der Waals surface area contributed by atoms with Crippen molar-refractivity contribution < 1.29 is 18.4 Å². The molecule has 1 aromatic rings. The van der Waals surface area contributed by atoms with Gasteiger partial charge in [-0.05, 0) is 18.1 Å². The first-order chi connectivity index (χ1) is 7.36. The molecule has 1 aromatic carbocycles. The van der Waals surface area contributed by atoms with Crippen molar-refractivity contribution >= 4 is 25.4 Å². The normalized spacial score (nSPS) is 11.4. The molecule has 0 atom stereocenters. The van der Waals surface area contributed by atoms with Crippen LogP contribution in [0.15, 0.2) is 23.1 Å². The second kappa shape index (κ2) is 4.77. The van der Waals surface area contributed by atoms with Crippen LogP contribution in [0.2, 0.25) is 0 Å². The van der Waals surface area contributed by atoms with Gasteiger partial charge in [-0.25, -0.2) is 8.42 Å². The van der Waals surface area contributed by atoms with E-state index in [0.717, 1.165) is 12.1 Å². The van der Waals surface area contributed by atoms with Gasteiger partial charge in [-0.3, -0.25) is 10.1 Å². The number of hydrogen-bond donors (Lipinski definition) is 1. The van der Waals surface area contributed by atoms with Crippen LogP contribution in [0.5, 0.6) is 0 Å². The van der Waals surface area contributed by atoms with Crippen LogP contribution in [0.3, 0.4) is 0 Å². The van der Waals surface area contributed by atoms with E-state index >= 15 is 0 Å². The highest BCUT2D eigenvalue weighted by Crippen LogP contribution is 2.27. The molecule has 8 heteroatoms. The van der Waals surface area contributed by atoms with Gasteiger partial charge in [0.2, 0.25) is 0 Å². The van der Waals surface area contributed by atoms with Crippen LogP contribution in [0, 0.1) is 10.1 Å². The first-order valence-electron chi connectivity index (χ1n) is 4.19. The van der Waals surface area contributed by atoms with Crippen molar-refractivity contribution in [2.24, 2.45) is 0 Å². The minimum Gasteiger partial charge on any atom is -0.396 e. The van der Waals surface area contributed by atoms with Crippen LogP contribution in [-0.4, -0.2) is 25.1 Å². The second-order valence-corrected chi connectivity index (χ2v) is 5.51. The highest BCUT2D eigenvalue weighted by Gasteiger charge is 2.23. The fourth-order valence-electron chi connectivity index (χ4n) is 1.20. The fourth-order valence-corrected chi connectivity index (χ4v) is 2.20. The summed E-state index contributed by atoms with van der Waals surface area (Å²) in [4.78, 5) is 9.28. The van der Waals surface area contributed by atoms with Crippen LogP contribution in [-0.2, 0) is 15.5 Å². The van der Waals surface area contributed by atoms with E-state index in [1.165, 1.54) is 6.07 Å². The molecule has 0 unspecified atom stereocenters. The predicted molar refractivity (Wildman–Crippen MR) is 56.9 cm³/mol. The van der Waals surface area contributed by atoms with Gasteiger partial charge in [0.25, 0.3) is 14.7 Å². The van der Waals surface area contributed by atoms with Crippen LogP contribution >= 0.6 is 10.7 Å². The van der Waals surface area contributed by atoms with Crippen molar-refractivity contribution in [3.05, 3.63) is 33.9 Å². The lowest BCUT2D eigenvalue weighted by Gasteiger charge is -2.02. The largest absolute Gasteiger partial charge is 0.396 e. The zero-order valence-corrected chi connectivity index (χ0v) is 9.53. The van der Waals surface area contributed by atoms with Crippen LogP contribution < -0.4 is 0 Å². The summed E-state index contributed by atoms with van der Waals surface area (Å²) in [6.07, 6.45) is 0.212.